The summed E-state index contributed by atoms with van der Waals surface area (Å²) in [6, 6.07) is 10.3. The molecule has 3 rings (SSSR count). The number of carbonyl (C=O) groups excluding carboxylic acids is 1. The molecule has 10 heteroatoms. The molecule has 0 saturated carbocycles. The van der Waals surface area contributed by atoms with Gasteiger partial charge in [0, 0.05) is 16.8 Å². The minimum Gasteiger partial charge on any atom is -0.406 e. The minimum absolute atomic E-state index is 0.172. The number of ether oxygens (including phenoxy) is 1. The summed E-state index contributed by atoms with van der Waals surface area (Å²) in [5, 5.41) is 7.62. The average molecular weight is 394 g/mol. The number of carbonyl (C=O) groups is 1. The Bertz CT molecular complexity index is 942. The molecule has 3 aromatic rings. The molecule has 0 aliphatic heterocycles. The van der Waals surface area contributed by atoms with Crippen molar-refractivity contribution in [2.24, 2.45) is 0 Å². The van der Waals surface area contributed by atoms with Gasteiger partial charge < -0.3 is 15.4 Å². The number of rotatable bonds is 5. The van der Waals surface area contributed by atoms with E-state index in [0.717, 1.165) is 17.8 Å². The zero-order chi connectivity index (χ0) is 19.4. The zero-order valence-electron chi connectivity index (χ0n) is 13.9. The van der Waals surface area contributed by atoms with Crippen molar-refractivity contribution in [3.05, 3.63) is 59.2 Å². The first-order chi connectivity index (χ1) is 12.8. The van der Waals surface area contributed by atoms with Gasteiger partial charge >= 0.3 is 6.36 Å². The number of nitrogens with one attached hydrogen (secondary N) is 2. The number of halogens is 3. The van der Waals surface area contributed by atoms with Crippen molar-refractivity contribution in [2.75, 3.05) is 10.6 Å². The third-order valence-corrected chi connectivity index (χ3v) is 3.96. The van der Waals surface area contributed by atoms with E-state index in [9.17, 15) is 18.0 Å². The molecule has 2 aromatic heterocycles. The van der Waals surface area contributed by atoms with E-state index in [-0.39, 0.29) is 11.4 Å². The van der Waals surface area contributed by atoms with Gasteiger partial charge in [-0.1, -0.05) is 6.07 Å². The van der Waals surface area contributed by atoms with Crippen LogP contribution in [0.3, 0.4) is 0 Å². The lowest BCUT2D eigenvalue weighted by atomic mass is 10.3. The fraction of sp³-hybridized carbons (Fsp3) is 0.118. The lowest BCUT2D eigenvalue weighted by Gasteiger charge is -2.09. The maximum absolute atomic E-state index is 12.2. The van der Waals surface area contributed by atoms with Gasteiger partial charge in [-0.3, -0.25) is 4.79 Å². The fourth-order valence-electron chi connectivity index (χ4n) is 2.09. The Hall–Kier alpha value is -3.14. The summed E-state index contributed by atoms with van der Waals surface area (Å²) in [4.78, 5) is 20.7. The lowest BCUT2D eigenvalue weighted by Crippen LogP contribution is -2.17. The van der Waals surface area contributed by atoms with Crippen molar-refractivity contribution >= 4 is 33.9 Å². The van der Waals surface area contributed by atoms with Crippen LogP contribution in [0.2, 0.25) is 0 Å². The van der Waals surface area contributed by atoms with Crippen LogP contribution in [-0.2, 0) is 0 Å². The van der Waals surface area contributed by atoms with E-state index < -0.39 is 12.3 Å². The maximum Gasteiger partial charge on any atom is 0.573 e. The molecule has 1 amide bonds. The molecule has 140 valence electrons. The summed E-state index contributed by atoms with van der Waals surface area (Å²) in [5.41, 5.74) is 1.33. The van der Waals surface area contributed by atoms with Crippen LogP contribution in [0.25, 0.3) is 0 Å². The van der Waals surface area contributed by atoms with Gasteiger partial charge in [-0.05, 0) is 43.3 Å². The van der Waals surface area contributed by atoms with E-state index in [1.165, 1.54) is 23.5 Å². The number of benzene rings is 1. The van der Waals surface area contributed by atoms with Crippen molar-refractivity contribution in [3.8, 4) is 5.75 Å². The van der Waals surface area contributed by atoms with Crippen LogP contribution < -0.4 is 15.4 Å². The first-order valence-electron chi connectivity index (χ1n) is 7.62. The summed E-state index contributed by atoms with van der Waals surface area (Å²) in [6.45, 7) is 1.86. The van der Waals surface area contributed by atoms with Gasteiger partial charge in [-0.2, -0.15) is 0 Å². The SMILES string of the molecule is Cc1cccc(Nc2nc(C(=O)Nc3ccc(OC(F)(F)F)cc3)cs2)n1. The van der Waals surface area contributed by atoms with Crippen LogP contribution in [0.4, 0.5) is 29.8 Å². The second kappa shape index (κ2) is 7.62. The van der Waals surface area contributed by atoms with Gasteiger partial charge in [0.05, 0.1) is 0 Å². The maximum atomic E-state index is 12.2. The molecule has 0 aliphatic carbocycles. The molecule has 0 fully saturated rings. The number of pyridine rings is 1. The second-order valence-corrected chi connectivity index (χ2v) is 6.21. The van der Waals surface area contributed by atoms with Gasteiger partial charge in [0.2, 0.25) is 0 Å². The van der Waals surface area contributed by atoms with Gasteiger partial charge in [0.1, 0.15) is 17.3 Å². The third-order valence-electron chi connectivity index (χ3n) is 3.21. The van der Waals surface area contributed by atoms with Gasteiger partial charge in [-0.25, -0.2) is 9.97 Å². The van der Waals surface area contributed by atoms with Crippen LogP contribution >= 0.6 is 11.3 Å². The van der Waals surface area contributed by atoms with Crippen LogP contribution in [0.5, 0.6) is 5.75 Å². The number of hydrogen-bond acceptors (Lipinski definition) is 6. The normalized spacial score (nSPS) is 11.1. The molecule has 0 saturated heterocycles. The number of amides is 1. The number of anilines is 3. The summed E-state index contributed by atoms with van der Waals surface area (Å²) in [7, 11) is 0. The summed E-state index contributed by atoms with van der Waals surface area (Å²) >= 11 is 1.23. The Morgan fingerprint density at radius 2 is 1.85 bits per heavy atom. The van der Waals surface area contributed by atoms with E-state index in [2.05, 4.69) is 25.3 Å². The number of alkyl halides is 3. The predicted molar refractivity (Wildman–Crippen MR) is 95.4 cm³/mol. The quantitative estimate of drug-likeness (QED) is 0.654. The molecule has 27 heavy (non-hydrogen) atoms. The largest absolute Gasteiger partial charge is 0.573 e. The molecule has 0 bridgehead atoms. The van der Waals surface area contributed by atoms with Crippen LogP contribution in [0.15, 0.2) is 47.8 Å². The van der Waals surface area contributed by atoms with Crippen molar-refractivity contribution in [1.29, 1.82) is 0 Å². The number of aromatic nitrogens is 2. The molecule has 1 aromatic carbocycles. The molecule has 0 atom stereocenters. The highest BCUT2D eigenvalue weighted by Gasteiger charge is 2.30. The Labute approximate surface area is 156 Å². The molecule has 0 unspecified atom stereocenters. The highest BCUT2D eigenvalue weighted by atomic mass is 32.1. The predicted octanol–water partition coefficient (Wildman–Crippen LogP) is 4.74. The van der Waals surface area contributed by atoms with Gasteiger partial charge in [0.15, 0.2) is 5.13 Å². The third kappa shape index (κ3) is 5.42. The number of hydrogen-bond donors (Lipinski definition) is 2. The Morgan fingerprint density at radius 1 is 1.11 bits per heavy atom. The van der Waals surface area contributed by atoms with E-state index >= 15 is 0 Å². The van der Waals surface area contributed by atoms with Crippen molar-refractivity contribution < 1.29 is 22.7 Å². The number of aryl methyl sites for hydroxylation is 1. The van der Waals surface area contributed by atoms with Crippen LogP contribution in [-0.4, -0.2) is 22.2 Å². The van der Waals surface area contributed by atoms with Gasteiger partial charge in [0.25, 0.3) is 5.91 Å². The molecule has 0 aliphatic rings. The number of nitrogens with zero attached hydrogens (tertiary/aromatic N) is 2. The summed E-state index contributed by atoms with van der Waals surface area (Å²) in [6.07, 6.45) is -4.76. The number of thiazole rings is 1. The van der Waals surface area contributed by atoms with Crippen molar-refractivity contribution in [2.45, 2.75) is 13.3 Å². The van der Waals surface area contributed by atoms with Crippen LogP contribution in [0.1, 0.15) is 16.2 Å². The molecule has 0 radical (unpaired) electrons. The molecular formula is C17H13F3N4O2S. The summed E-state index contributed by atoms with van der Waals surface area (Å²) in [5.74, 6) is -0.246. The Balaban J connectivity index is 1.62. The lowest BCUT2D eigenvalue weighted by molar-refractivity contribution is -0.274. The minimum atomic E-state index is -4.76. The van der Waals surface area contributed by atoms with Crippen LogP contribution in [0, 0.1) is 6.92 Å². The second-order valence-electron chi connectivity index (χ2n) is 5.35. The molecular weight excluding hydrogens is 381 g/mol. The monoisotopic (exact) mass is 394 g/mol. The average Bonchev–Trinajstić information content (AvgIpc) is 3.04. The van der Waals surface area contributed by atoms with Gasteiger partial charge in [-0.15, -0.1) is 24.5 Å². The molecule has 0 spiro atoms. The first-order valence-corrected chi connectivity index (χ1v) is 8.50. The Morgan fingerprint density at radius 3 is 2.52 bits per heavy atom. The fourth-order valence-corrected chi connectivity index (χ4v) is 2.79. The molecule has 2 N–H and O–H groups in total. The standard InChI is InChI=1S/C17H13F3N4O2S/c1-10-3-2-4-14(21-10)24-16-23-13(9-27-16)15(25)22-11-5-7-12(8-6-11)26-17(18,19)20/h2-9H,1H3,(H,22,25)(H,21,23,24). The molecule has 2 heterocycles. The topological polar surface area (TPSA) is 76.1 Å². The van der Waals surface area contributed by atoms with E-state index in [1.807, 2.05) is 19.1 Å². The highest BCUT2D eigenvalue weighted by molar-refractivity contribution is 7.14. The van der Waals surface area contributed by atoms with E-state index in [4.69, 9.17) is 0 Å². The summed E-state index contributed by atoms with van der Waals surface area (Å²) < 4.78 is 40.2. The van der Waals surface area contributed by atoms with E-state index in [0.29, 0.717) is 16.6 Å². The molecule has 6 nitrogen and oxygen atoms in total. The van der Waals surface area contributed by atoms with Crippen molar-refractivity contribution in [3.63, 3.8) is 0 Å². The smallest absolute Gasteiger partial charge is 0.406 e. The van der Waals surface area contributed by atoms with E-state index in [1.54, 1.807) is 11.4 Å². The first kappa shape index (κ1) is 18.6. The van der Waals surface area contributed by atoms with Crippen molar-refractivity contribution in [1.82, 2.24) is 9.97 Å². The zero-order valence-corrected chi connectivity index (χ0v) is 14.7. The Kier molecular flexibility index (Phi) is 5.26. The highest BCUT2D eigenvalue weighted by Crippen LogP contribution is 2.25.